The van der Waals surface area contributed by atoms with Gasteiger partial charge in [0.25, 0.3) is 5.91 Å². The molecule has 0 atom stereocenters. The summed E-state index contributed by atoms with van der Waals surface area (Å²) in [5, 5.41) is 12.1. The number of nitrogens with zero attached hydrogens (tertiary/aromatic N) is 2. The number of hydrogen-bond donors (Lipinski definition) is 2. The van der Waals surface area contributed by atoms with Crippen molar-refractivity contribution in [2.75, 3.05) is 12.4 Å². The molecule has 3 rings (SSSR count). The first kappa shape index (κ1) is 19.6. The van der Waals surface area contributed by atoms with Crippen LogP contribution in [0.5, 0.6) is 5.75 Å². The molecule has 1 heterocycles. The van der Waals surface area contributed by atoms with Gasteiger partial charge in [-0.15, -0.1) is 0 Å². The molecule has 0 spiro atoms. The molecule has 0 aliphatic heterocycles. The van der Waals surface area contributed by atoms with Gasteiger partial charge in [0.1, 0.15) is 11.4 Å². The molecule has 0 aliphatic carbocycles. The van der Waals surface area contributed by atoms with Crippen molar-refractivity contribution in [1.29, 1.82) is 0 Å². The summed E-state index contributed by atoms with van der Waals surface area (Å²) in [7, 11) is -2.08. The van der Waals surface area contributed by atoms with Gasteiger partial charge in [0.2, 0.25) is 10.0 Å². The maximum absolute atomic E-state index is 12.5. The number of aromatic nitrogens is 2. The summed E-state index contributed by atoms with van der Waals surface area (Å²) in [5.74, 6) is -0.0899. The number of benzene rings is 2. The SMILES string of the molecule is COc1ccc(C)cc1-n1ccc(C(=O)Nc2cccc(CS(N)(=O)=O)c2)n1. The van der Waals surface area contributed by atoms with Crippen molar-refractivity contribution in [3.8, 4) is 11.4 Å². The van der Waals surface area contributed by atoms with Crippen LogP contribution in [0.25, 0.3) is 5.69 Å². The number of aryl methyl sites for hydroxylation is 1. The lowest BCUT2D eigenvalue weighted by Gasteiger charge is -2.09. The number of ether oxygens (including phenoxy) is 1. The zero-order valence-electron chi connectivity index (χ0n) is 15.4. The highest BCUT2D eigenvalue weighted by Crippen LogP contribution is 2.23. The fraction of sp³-hybridized carbons (Fsp3) is 0.158. The highest BCUT2D eigenvalue weighted by Gasteiger charge is 2.14. The van der Waals surface area contributed by atoms with Crippen molar-refractivity contribution in [3.63, 3.8) is 0 Å². The van der Waals surface area contributed by atoms with Crippen molar-refractivity contribution in [2.45, 2.75) is 12.7 Å². The molecule has 2 aromatic carbocycles. The lowest BCUT2D eigenvalue weighted by atomic mass is 10.2. The minimum Gasteiger partial charge on any atom is -0.494 e. The van der Waals surface area contributed by atoms with E-state index in [4.69, 9.17) is 9.88 Å². The van der Waals surface area contributed by atoms with Crippen LogP contribution in [0.15, 0.2) is 54.7 Å². The van der Waals surface area contributed by atoms with Crippen LogP contribution in [0.4, 0.5) is 5.69 Å². The topological polar surface area (TPSA) is 116 Å². The molecule has 0 fully saturated rings. The minimum atomic E-state index is -3.65. The first-order valence-electron chi connectivity index (χ1n) is 8.36. The Kier molecular flexibility index (Phi) is 5.48. The molecule has 28 heavy (non-hydrogen) atoms. The van der Waals surface area contributed by atoms with Crippen LogP contribution in [-0.4, -0.2) is 31.2 Å². The maximum Gasteiger partial charge on any atom is 0.276 e. The molecule has 3 aromatic rings. The summed E-state index contributed by atoms with van der Waals surface area (Å²) in [6.45, 7) is 1.95. The third-order valence-corrected chi connectivity index (χ3v) is 4.69. The fourth-order valence-corrected chi connectivity index (χ4v) is 3.37. The van der Waals surface area contributed by atoms with E-state index in [1.54, 1.807) is 48.3 Å². The maximum atomic E-state index is 12.5. The van der Waals surface area contributed by atoms with Gasteiger partial charge in [0.15, 0.2) is 5.69 Å². The molecule has 0 saturated carbocycles. The second-order valence-corrected chi connectivity index (χ2v) is 7.90. The van der Waals surface area contributed by atoms with Gasteiger partial charge in [-0.05, 0) is 48.4 Å². The third-order valence-electron chi connectivity index (χ3n) is 3.96. The van der Waals surface area contributed by atoms with Crippen LogP contribution in [0.1, 0.15) is 21.6 Å². The molecule has 3 N–H and O–H groups in total. The van der Waals surface area contributed by atoms with Gasteiger partial charge >= 0.3 is 0 Å². The second-order valence-electron chi connectivity index (χ2n) is 6.28. The molecule has 0 aliphatic rings. The number of nitrogens with two attached hydrogens (primary N) is 1. The first-order valence-corrected chi connectivity index (χ1v) is 10.1. The zero-order valence-corrected chi connectivity index (χ0v) is 16.2. The van der Waals surface area contributed by atoms with E-state index in [1.165, 1.54) is 0 Å². The van der Waals surface area contributed by atoms with Gasteiger partial charge in [-0.2, -0.15) is 5.10 Å². The molecule has 8 nitrogen and oxygen atoms in total. The van der Waals surface area contributed by atoms with Crippen molar-refractivity contribution in [3.05, 3.63) is 71.5 Å². The molecule has 0 bridgehead atoms. The quantitative estimate of drug-likeness (QED) is 0.658. The van der Waals surface area contributed by atoms with E-state index in [9.17, 15) is 13.2 Å². The highest BCUT2D eigenvalue weighted by molar-refractivity contribution is 7.88. The number of sulfonamides is 1. The van der Waals surface area contributed by atoms with Crippen molar-refractivity contribution < 1.29 is 17.9 Å². The van der Waals surface area contributed by atoms with Gasteiger partial charge < -0.3 is 10.1 Å². The van der Waals surface area contributed by atoms with E-state index >= 15 is 0 Å². The molecule has 9 heteroatoms. The predicted octanol–water partition coefficient (Wildman–Crippen LogP) is 2.23. The monoisotopic (exact) mass is 400 g/mol. The highest BCUT2D eigenvalue weighted by atomic mass is 32.2. The van der Waals surface area contributed by atoms with Crippen molar-refractivity contribution >= 4 is 21.6 Å². The Bertz CT molecular complexity index is 1120. The second kappa shape index (κ2) is 7.83. The average molecular weight is 400 g/mol. The summed E-state index contributed by atoms with van der Waals surface area (Å²) in [4.78, 5) is 12.5. The lowest BCUT2D eigenvalue weighted by Crippen LogP contribution is -2.15. The number of carbonyl (C=O) groups excluding carboxylic acids is 1. The molecule has 1 amide bonds. The van der Waals surface area contributed by atoms with E-state index in [1.807, 2.05) is 25.1 Å². The van der Waals surface area contributed by atoms with Crippen molar-refractivity contribution in [1.82, 2.24) is 9.78 Å². The summed E-state index contributed by atoms with van der Waals surface area (Å²) < 4.78 is 29.4. The molecule has 0 saturated heterocycles. The number of rotatable bonds is 6. The van der Waals surface area contributed by atoms with E-state index in [-0.39, 0.29) is 11.4 Å². The summed E-state index contributed by atoms with van der Waals surface area (Å²) in [6, 6.07) is 13.7. The van der Waals surface area contributed by atoms with Crippen LogP contribution < -0.4 is 15.2 Å². The summed E-state index contributed by atoms with van der Waals surface area (Å²) in [5.41, 5.74) is 2.89. The minimum absolute atomic E-state index is 0.209. The first-order chi connectivity index (χ1) is 13.2. The lowest BCUT2D eigenvalue weighted by molar-refractivity contribution is 0.102. The van der Waals surface area contributed by atoms with Crippen LogP contribution in [0, 0.1) is 6.92 Å². The van der Waals surface area contributed by atoms with E-state index in [0.717, 1.165) is 11.3 Å². The van der Waals surface area contributed by atoms with Gasteiger partial charge in [-0.25, -0.2) is 18.2 Å². The average Bonchev–Trinajstić information content (AvgIpc) is 3.10. The Balaban J connectivity index is 1.80. The van der Waals surface area contributed by atoms with E-state index in [0.29, 0.717) is 17.0 Å². The molecular formula is C19H20N4O4S. The molecule has 0 unspecified atom stereocenters. The number of nitrogens with one attached hydrogen (secondary N) is 1. The number of anilines is 1. The van der Waals surface area contributed by atoms with Crippen LogP contribution >= 0.6 is 0 Å². The molecule has 0 radical (unpaired) electrons. The summed E-state index contributed by atoms with van der Waals surface area (Å²) in [6.07, 6.45) is 1.67. The van der Waals surface area contributed by atoms with E-state index in [2.05, 4.69) is 10.4 Å². The Morgan fingerprint density at radius 2 is 2.00 bits per heavy atom. The van der Waals surface area contributed by atoms with Gasteiger partial charge in [0, 0.05) is 11.9 Å². The van der Waals surface area contributed by atoms with Gasteiger partial charge in [-0.3, -0.25) is 4.79 Å². The number of carbonyl (C=O) groups is 1. The molecule has 146 valence electrons. The summed E-state index contributed by atoms with van der Waals surface area (Å²) >= 11 is 0. The number of primary sulfonamides is 1. The Hall–Kier alpha value is -3.17. The van der Waals surface area contributed by atoms with Gasteiger partial charge in [0.05, 0.1) is 12.9 Å². The van der Waals surface area contributed by atoms with Crippen molar-refractivity contribution in [2.24, 2.45) is 5.14 Å². The van der Waals surface area contributed by atoms with E-state index < -0.39 is 15.9 Å². The number of methoxy groups -OCH3 is 1. The zero-order chi connectivity index (χ0) is 20.3. The largest absolute Gasteiger partial charge is 0.494 e. The predicted molar refractivity (Wildman–Crippen MR) is 106 cm³/mol. The van der Waals surface area contributed by atoms with Crippen LogP contribution in [0.3, 0.4) is 0 Å². The Morgan fingerprint density at radius 3 is 2.71 bits per heavy atom. The smallest absolute Gasteiger partial charge is 0.276 e. The normalized spacial score (nSPS) is 11.2. The molecule has 1 aromatic heterocycles. The fourth-order valence-electron chi connectivity index (χ4n) is 2.72. The van der Waals surface area contributed by atoms with Gasteiger partial charge in [-0.1, -0.05) is 18.2 Å². The third kappa shape index (κ3) is 4.76. The Morgan fingerprint density at radius 1 is 1.21 bits per heavy atom. The number of amides is 1. The Labute approximate surface area is 163 Å². The standard InChI is InChI=1S/C19H20N4O4S/c1-13-6-7-18(27-2)17(10-13)23-9-8-16(22-23)19(24)21-15-5-3-4-14(11-15)12-28(20,25)26/h3-11H,12H2,1-2H3,(H,21,24)(H2,20,25,26). The van der Waals surface area contributed by atoms with Crippen LogP contribution in [-0.2, 0) is 15.8 Å². The van der Waals surface area contributed by atoms with Crippen LogP contribution in [0.2, 0.25) is 0 Å². The number of hydrogen-bond acceptors (Lipinski definition) is 5. The molecular weight excluding hydrogens is 380 g/mol.